The molecule has 2 aliphatic rings. The van der Waals surface area contributed by atoms with Crippen molar-refractivity contribution in [3.8, 4) is 0 Å². The molecule has 4 heteroatoms. The van der Waals surface area contributed by atoms with Gasteiger partial charge in [-0.3, -0.25) is 9.59 Å². The third-order valence-corrected chi connectivity index (χ3v) is 5.38. The van der Waals surface area contributed by atoms with Crippen molar-refractivity contribution in [1.82, 2.24) is 9.80 Å². The van der Waals surface area contributed by atoms with E-state index < -0.39 is 0 Å². The summed E-state index contributed by atoms with van der Waals surface area (Å²) in [7, 11) is 0. The zero-order chi connectivity index (χ0) is 17.1. The van der Waals surface area contributed by atoms with Crippen molar-refractivity contribution in [3.05, 3.63) is 35.9 Å². The highest BCUT2D eigenvalue weighted by atomic mass is 16.2. The van der Waals surface area contributed by atoms with Crippen LogP contribution in [0, 0.1) is 5.92 Å². The van der Waals surface area contributed by atoms with Gasteiger partial charge in [-0.05, 0) is 32.3 Å². The van der Waals surface area contributed by atoms with E-state index in [1.807, 2.05) is 54.0 Å². The van der Waals surface area contributed by atoms with Gasteiger partial charge in [0.05, 0.1) is 5.92 Å². The van der Waals surface area contributed by atoms with Crippen molar-refractivity contribution in [1.29, 1.82) is 0 Å². The van der Waals surface area contributed by atoms with Gasteiger partial charge in [-0.1, -0.05) is 43.2 Å². The summed E-state index contributed by atoms with van der Waals surface area (Å²) in [5.41, 5.74) is 1.14. The molecule has 1 saturated carbocycles. The van der Waals surface area contributed by atoms with Crippen LogP contribution in [0.5, 0.6) is 0 Å². The van der Waals surface area contributed by atoms with Crippen LogP contribution < -0.4 is 0 Å². The summed E-state index contributed by atoms with van der Waals surface area (Å²) in [5.74, 6) is 0.121. The van der Waals surface area contributed by atoms with E-state index in [9.17, 15) is 9.59 Å². The molecule has 1 saturated heterocycles. The lowest BCUT2D eigenvalue weighted by molar-refractivity contribution is -0.138. The quantitative estimate of drug-likeness (QED) is 0.833. The summed E-state index contributed by atoms with van der Waals surface area (Å²) in [6.07, 6.45) is 5.00. The standard InChI is InChI=1S/C20H28N2O2/c1-15(2)21(13-16-8-4-3-5-9-16)20(24)17-12-19(23)22(14-17)18-10-6-7-11-18/h3-5,8-9,15,17-18H,6-7,10-14H2,1-2H3. The molecule has 0 spiro atoms. The summed E-state index contributed by atoms with van der Waals surface area (Å²) < 4.78 is 0. The van der Waals surface area contributed by atoms with Crippen molar-refractivity contribution in [2.45, 2.75) is 64.6 Å². The number of carbonyl (C=O) groups excluding carboxylic acids is 2. The van der Waals surface area contributed by atoms with E-state index in [1.54, 1.807) is 0 Å². The van der Waals surface area contributed by atoms with Crippen molar-refractivity contribution >= 4 is 11.8 Å². The molecule has 1 atom stereocenters. The van der Waals surface area contributed by atoms with E-state index in [0.29, 0.717) is 25.6 Å². The second kappa shape index (κ2) is 7.37. The van der Waals surface area contributed by atoms with Crippen LogP contribution >= 0.6 is 0 Å². The van der Waals surface area contributed by atoms with Crippen LogP contribution in [0.4, 0.5) is 0 Å². The monoisotopic (exact) mass is 328 g/mol. The Morgan fingerprint density at radius 1 is 1.21 bits per heavy atom. The molecule has 1 heterocycles. The maximum Gasteiger partial charge on any atom is 0.228 e. The minimum atomic E-state index is -0.177. The van der Waals surface area contributed by atoms with E-state index in [0.717, 1.165) is 18.4 Å². The molecule has 4 nitrogen and oxygen atoms in total. The third-order valence-electron chi connectivity index (χ3n) is 5.38. The van der Waals surface area contributed by atoms with Crippen LogP contribution in [0.3, 0.4) is 0 Å². The van der Waals surface area contributed by atoms with Crippen LogP contribution in [0.2, 0.25) is 0 Å². The molecule has 1 aliphatic heterocycles. The van der Waals surface area contributed by atoms with E-state index >= 15 is 0 Å². The molecule has 0 radical (unpaired) electrons. The molecule has 3 rings (SSSR count). The normalized spacial score (nSPS) is 21.7. The Hall–Kier alpha value is -1.84. The number of hydrogen-bond donors (Lipinski definition) is 0. The van der Waals surface area contributed by atoms with E-state index in [2.05, 4.69) is 0 Å². The number of likely N-dealkylation sites (tertiary alicyclic amines) is 1. The number of hydrogen-bond acceptors (Lipinski definition) is 2. The molecule has 24 heavy (non-hydrogen) atoms. The topological polar surface area (TPSA) is 40.6 Å². The zero-order valence-corrected chi connectivity index (χ0v) is 14.8. The molecule has 0 bridgehead atoms. The van der Waals surface area contributed by atoms with E-state index in [1.165, 1.54) is 12.8 Å². The first kappa shape index (κ1) is 17.0. The van der Waals surface area contributed by atoms with Crippen LogP contribution in [0.15, 0.2) is 30.3 Å². The first-order valence-electron chi connectivity index (χ1n) is 9.20. The summed E-state index contributed by atoms with van der Waals surface area (Å²) in [6, 6.07) is 10.6. The summed E-state index contributed by atoms with van der Waals surface area (Å²) in [5, 5.41) is 0. The Balaban J connectivity index is 1.68. The highest BCUT2D eigenvalue weighted by molar-refractivity contribution is 5.89. The Morgan fingerprint density at radius 2 is 1.88 bits per heavy atom. The minimum absolute atomic E-state index is 0.128. The third kappa shape index (κ3) is 3.63. The van der Waals surface area contributed by atoms with Crippen LogP contribution in [-0.2, 0) is 16.1 Å². The van der Waals surface area contributed by atoms with Gasteiger partial charge in [-0.2, -0.15) is 0 Å². The summed E-state index contributed by atoms with van der Waals surface area (Å²) >= 11 is 0. The Bertz CT molecular complexity index is 579. The molecule has 2 amide bonds. The van der Waals surface area contributed by atoms with E-state index in [4.69, 9.17) is 0 Å². The lowest BCUT2D eigenvalue weighted by Crippen LogP contribution is -2.42. The average Bonchev–Trinajstić information content (AvgIpc) is 3.22. The van der Waals surface area contributed by atoms with Gasteiger partial charge in [-0.25, -0.2) is 0 Å². The second-order valence-electron chi connectivity index (χ2n) is 7.43. The van der Waals surface area contributed by atoms with Gasteiger partial charge >= 0.3 is 0 Å². The molecule has 130 valence electrons. The highest BCUT2D eigenvalue weighted by Crippen LogP contribution is 2.30. The molecule has 0 aromatic heterocycles. The summed E-state index contributed by atoms with van der Waals surface area (Å²) in [4.78, 5) is 29.3. The Morgan fingerprint density at radius 3 is 2.50 bits per heavy atom. The van der Waals surface area contributed by atoms with Gasteiger partial charge in [0.2, 0.25) is 11.8 Å². The number of carbonyl (C=O) groups is 2. The fraction of sp³-hybridized carbons (Fsp3) is 0.600. The molecular formula is C20H28N2O2. The van der Waals surface area contributed by atoms with Gasteiger partial charge in [-0.15, -0.1) is 0 Å². The molecule has 1 aromatic carbocycles. The molecule has 1 unspecified atom stereocenters. The molecular weight excluding hydrogens is 300 g/mol. The van der Waals surface area contributed by atoms with Crippen LogP contribution in [0.1, 0.15) is 51.5 Å². The SMILES string of the molecule is CC(C)N(Cc1ccccc1)C(=O)C1CC(=O)N(C2CCCC2)C1. The van der Waals surface area contributed by atoms with E-state index in [-0.39, 0.29) is 23.8 Å². The van der Waals surface area contributed by atoms with Crippen molar-refractivity contribution in [2.75, 3.05) is 6.54 Å². The van der Waals surface area contributed by atoms with Gasteiger partial charge in [0.25, 0.3) is 0 Å². The maximum absolute atomic E-state index is 13.0. The number of benzene rings is 1. The predicted octanol–water partition coefficient (Wildman–Crippen LogP) is 3.21. The van der Waals surface area contributed by atoms with Gasteiger partial charge in [0, 0.05) is 31.6 Å². The predicted molar refractivity (Wildman–Crippen MR) is 94.2 cm³/mol. The molecule has 1 aromatic rings. The fourth-order valence-electron chi connectivity index (χ4n) is 4.00. The lowest BCUT2D eigenvalue weighted by Gasteiger charge is -2.30. The number of amides is 2. The van der Waals surface area contributed by atoms with Crippen molar-refractivity contribution in [2.24, 2.45) is 5.92 Å². The summed E-state index contributed by atoms with van der Waals surface area (Å²) in [6.45, 7) is 5.32. The minimum Gasteiger partial charge on any atom is -0.339 e. The maximum atomic E-state index is 13.0. The smallest absolute Gasteiger partial charge is 0.228 e. The van der Waals surface area contributed by atoms with Crippen LogP contribution in [0.25, 0.3) is 0 Å². The van der Waals surface area contributed by atoms with Gasteiger partial charge in [0.1, 0.15) is 0 Å². The second-order valence-corrected chi connectivity index (χ2v) is 7.43. The van der Waals surface area contributed by atoms with Gasteiger partial charge < -0.3 is 9.80 Å². The zero-order valence-electron chi connectivity index (χ0n) is 14.8. The number of nitrogens with zero attached hydrogens (tertiary/aromatic N) is 2. The molecule has 1 aliphatic carbocycles. The molecule has 0 N–H and O–H groups in total. The Labute approximate surface area is 144 Å². The lowest BCUT2D eigenvalue weighted by atomic mass is 10.0. The first-order valence-corrected chi connectivity index (χ1v) is 9.20. The fourth-order valence-corrected chi connectivity index (χ4v) is 4.00. The Kier molecular flexibility index (Phi) is 5.22. The molecule has 2 fully saturated rings. The van der Waals surface area contributed by atoms with Gasteiger partial charge in [0.15, 0.2) is 0 Å². The van der Waals surface area contributed by atoms with Crippen molar-refractivity contribution < 1.29 is 9.59 Å². The largest absolute Gasteiger partial charge is 0.339 e. The first-order chi connectivity index (χ1) is 11.6. The number of rotatable bonds is 5. The van der Waals surface area contributed by atoms with Crippen molar-refractivity contribution in [3.63, 3.8) is 0 Å². The highest BCUT2D eigenvalue weighted by Gasteiger charge is 2.40. The average molecular weight is 328 g/mol. The van der Waals surface area contributed by atoms with Crippen LogP contribution in [-0.4, -0.2) is 40.2 Å².